The standard InChI is InChI=1S/C28H33N5O2S/c1-6-19(2)20-13-15-21(16-14-20)33(25(34)18-32-23-11-8-7-10-22(23)30-31-32)26(24-12-9-17-36-24)27(35)29-28(3,4)5/h7-17,19,26H,6,18H2,1-5H3,(H,29,35)/t19-,26-/m0/s1. The molecule has 0 aliphatic carbocycles. The third kappa shape index (κ3) is 5.65. The molecule has 2 amide bonds. The van der Waals surface area contributed by atoms with E-state index >= 15 is 0 Å². The molecule has 4 rings (SSSR count). The SMILES string of the molecule is CC[C@H](C)c1ccc(N(C(=O)Cn2nnc3ccccc32)[C@H](C(=O)NC(C)(C)C)c2cccs2)cc1. The number of nitrogens with one attached hydrogen (secondary N) is 1. The van der Waals surface area contributed by atoms with Crippen molar-refractivity contribution in [2.24, 2.45) is 0 Å². The predicted molar refractivity (Wildman–Crippen MR) is 145 cm³/mol. The molecule has 2 atom stereocenters. The van der Waals surface area contributed by atoms with Gasteiger partial charge in [0.25, 0.3) is 0 Å². The molecule has 0 aliphatic rings. The molecule has 1 N–H and O–H groups in total. The number of carbonyl (C=O) groups is 2. The highest BCUT2D eigenvalue weighted by molar-refractivity contribution is 7.10. The van der Waals surface area contributed by atoms with Crippen molar-refractivity contribution in [2.45, 2.75) is 65.1 Å². The Labute approximate surface area is 216 Å². The third-order valence-corrected chi connectivity index (χ3v) is 7.07. The molecule has 2 aromatic carbocycles. The summed E-state index contributed by atoms with van der Waals surface area (Å²) < 4.78 is 1.59. The number of aromatic nitrogens is 3. The fourth-order valence-corrected chi connectivity index (χ4v) is 4.95. The minimum Gasteiger partial charge on any atom is -0.349 e. The number of hydrogen-bond acceptors (Lipinski definition) is 5. The molecule has 0 fully saturated rings. The molecule has 0 spiro atoms. The van der Waals surface area contributed by atoms with Crippen molar-refractivity contribution in [3.8, 4) is 0 Å². The minimum atomic E-state index is -0.819. The molecule has 0 bridgehead atoms. The van der Waals surface area contributed by atoms with E-state index in [2.05, 4.69) is 29.5 Å². The van der Waals surface area contributed by atoms with Crippen LogP contribution in [0.3, 0.4) is 0 Å². The van der Waals surface area contributed by atoms with Crippen molar-refractivity contribution in [1.29, 1.82) is 0 Å². The zero-order valence-electron chi connectivity index (χ0n) is 21.4. The first-order valence-electron chi connectivity index (χ1n) is 12.2. The topological polar surface area (TPSA) is 80.1 Å². The van der Waals surface area contributed by atoms with Gasteiger partial charge < -0.3 is 5.32 Å². The molecule has 0 unspecified atom stereocenters. The van der Waals surface area contributed by atoms with Crippen LogP contribution in [-0.4, -0.2) is 32.3 Å². The summed E-state index contributed by atoms with van der Waals surface area (Å²) in [6.07, 6.45) is 1.02. The number of rotatable bonds is 8. The van der Waals surface area contributed by atoms with Crippen LogP contribution in [0.1, 0.15) is 63.4 Å². The van der Waals surface area contributed by atoms with Crippen LogP contribution in [-0.2, 0) is 16.1 Å². The van der Waals surface area contributed by atoms with Crippen molar-refractivity contribution >= 4 is 39.9 Å². The van der Waals surface area contributed by atoms with Crippen LogP contribution in [0.2, 0.25) is 0 Å². The van der Waals surface area contributed by atoms with Crippen molar-refractivity contribution in [1.82, 2.24) is 20.3 Å². The Morgan fingerprint density at radius 2 is 1.78 bits per heavy atom. The van der Waals surface area contributed by atoms with E-state index in [4.69, 9.17) is 0 Å². The third-order valence-electron chi connectivity index (χ3n) is 6.14. The molecular weight excluding hydrogens is 470 g/mol. The first-order chi connectivity index (χ1) is 17.2. The molecule has 0 aliphatic heterocycles. The van der Waals surface area contributed by atoms with Crippen LogP contribution in [0.4, 0.5) is 5.69 Å². The normalized spacial score (nSPS) is 13.4. The molecule has 36 heavy (non-hydrogen) atoms. The molecular formula is C28H33N5O2S. The van der Waals surface area contributed by atoms with Gasteiger partial charge in [-0.3, -0.25) is 14.5 Å². The lowest BCUT2D eigenvalue weighted by atomic mass is 9.98. The van der Waals surface area contributed by atoms with Crippen molar-refractivity contribution in [3.63, 3.8) is 0 Å². The number of para-hydroxylation sites is 1. The summed E-state index contributed by atoms with van der Waals surface area (Å²) in [4.78, 5) is 30.1. The first-order valence-corrected chi connectivity index (χ1v) is 13.1. The van der Waals surface area contributed by atoms with Crippen LogP contribution in [0.15, 0.2) is 66.0 Å². The highest BCUT2D eigenvalue weighted by Gasteiger charge is 2.35. The van der Waals surface area contributed by atoms with E-state index in [1.165, 1.54) is 16.9 Å². The Kier molecular flexibility index (Phi) is 7.54. The molecule has 0 saturated carbocycles. The number of nitrogens with zero attached hydrogens (tertiary/aromatic N) is 4. The number of amides is 2. The van der Waals surface area contributed by atoms with E-state index in [0.717, 1.165) is 22.3 Å². The second kappa shape index (κ2) is 10.6. The summed E-state index contributed by atoms with van der Waals surface area (Å²) in [5.41, 5.74) is 2.89. The van der Waals surface area contributed by atoms with Gasteiger partial charge in [0.05, 0.1) is 5.52 Å². The maximum atomic E-state index is 14.0. The lowest BCUT2D eigenvalue weighted by Gasteiger charge is -2.33. The Bertz CT molecular complexity index is 1320. The summed E-state index contributed by atoms with van der Waals surface area (Å²) in [6.45, 7) is 10.1. The summed E-state index contributed by atoms with van der Waals surface area (Å²) in [5.74, 6) is -0.0702. The molecule has 2 aromatic heterocycles. The van der Waals surface area contributed by atoms with Gasteiger partial charge in [0, 0.05) is 16.1 Å². The molecule has 4 aromatic rings. The second-order valence-corrected chi connectivity index (χ2v) is 11.0. The molecule has 2 heterocycles. The fourth-order valence-electron chi connectivity index (χ4n) is 4.13. The average Bonchev–Trinajstić information content (AvgIpc) is 3.51. The number of fused-ring (bicyclic) bond motifs is 1. The summed E-state index contributed by atoms with van der Waals surface area (Å²) in [5, 5.41) is 13.4. The number of anilines is 1. The van der Waals surface area contributed by atoms with E-state index in [-0.39, 0.29) is 18.4 Å². The van der Waals surface area contributed by atoms with E-state index in [1.54, 1.807) is 9.58 Å². The van der Waals surface area contributed by atoms with Crippen molar-refractivity contribution in [3.05, 3.63) is 76.5 Å². The number of benzene rings is 2. The highest BCUT2D eigenvalue weighted by atomic mass is 32.1. The summed E-state index contributed by atoms with van der Waals surface area (Å²) in [7, 11) is 0. The van der Waals surface area contributed by atoms with E-state index < -0.39 is 11.6 Å². The van der Waals surface area contributed by atoms with Gasteiger partial charge in [-0.2, -0.15) is 0 Å². The van der Waals surface area contributed by atoms with Crippen molar-refractivity contribution < 1.29 is 9.59 Å². The summed E-state index contributed by atoms with van der Waals surface area (Å²) in [6, 6.07) is 18.5. The zero-order chi connectivity index (χ0) is 25.9. The number of carbonyl (C=O) groups excluding carboxylic acids is 2. The minimum absolute atomic E-state index is 0.0434. The number of thiophene rings is 1. The quantitative estimate of drug-likeness (QED) is 0.335. The maximum Gasteiger partial charge on any atom is 0.249 e. The van der Waals surface area contributed by atoms with Gasteiger partial charge in [-0.25, -0.2) is 4.68 Å². The smallest absolute Gasteiger partial charge is 0.249 e. The molecule has 0 saturated heterocycles. The van der Waals surface area contributed by atoms with Crippen LogP contribution in [0.5, 0.6) is 0 Å². The van der Waals surface area contributed by atoms with E-state index in [1.807, 2.05) is 86.8 Å². The van der Waals surface area contributed by atoms with Crippen LogP contribution in [0.25, 0.3) is 11.0 Å². The fraction of sp³-hybridized carbons (Fsp3) is 0.357. The van der Waals surface area contributed by atoms with Crippen LogP contribution >= 0.6 is 11.3 Å². The van der Waals surface area contributed by atoms with Crippen LogP contribution in [0, 0.1) is 0 Å². The average molecular weight is 504 g/mol. The maximum absolute atomic E-state index is 14.0. The lowest BCUT2D eigenvalue weighted by molar-refractivity contribution is -0.127. The lowest BCUT2D eigenvalue weighted by Crippen LogP contribution is -2.50. The highest BCUT2D eigenvalue weighted by Crippen LogP contribution is 2.33. The van der Waals surface area contributed by atoms with E-state index in [9.17, 15) is 9.59 Å². The van der Waals surface area contributed by atoms with Gasteiger partial charge in [0.2, 0.25) is 11.8 Å². The Morgan fingerprint density at radius 1 is 1.06 bits per heavy atom. The van der Waals surface area contributed by atoms with Crippen LogP contribution < -0.4 is 10.2 Å². The van der Waals surface area contributed by atoms with Gasteiger partial charge in [0.1, 0.15) is 18.1 Å². The second-order valence-electron chi connectivity index (χ2n) is 10.1. The molecule has 188 valence electrons. The monoisotopic (exact) mass is 503 g/mol. The van der Waals surface area contributed by atoms with Gasteiger partial charge in [-0.15, -0.1) is 16.4 Å². The van der Waals surface area contributed by atoms with E-state index in [0.29, 0.717) is 11.6 Å². The zero-order valence-corrected chi connectivity index (χ0v) is 22.2. The van der Waals surface area contributed by atoms with Gasteiger partial charge in [-0.1, -0.05) is 49.4 Å². The Balaban J connectivity index is 1.78. The first kappa shape index (κ1) is 25.6. The molecule has 8 heteroatoms. The Morgan fingerprint density at radius 3 is 2.42 bits per heavy atom. The van der Waals surface area contributed by atoms with Gasteiger partial charge in [0.15, 0.2) is 0 Å². The molecule has 0 radical (unpaired) electrons. The largest absolute Gasteiger partial charge is 0.349 e. The summed E-state index contributed by atoms with van der Waals surface area (Å²) >= 11 is 1.46. The number of hydrogen-bond donors (Lipinski definition) is 1. The predicted octanol–water partition coefficient (Wildman–Crippen LogP) is 5.70. The van der Waals surface area contributed by atoms with Crippen molar-refractivity contribution in [2.75, 3.05) is 4.90 Å². The Hall–Kier alpha value is -3.52. The van der Waals surface area contributed by atoms with Gasteiger partial charge in [-0.05, 0) is 74.4 Å². The molecule has 7 nitrogen and oxygen atoms in total. The van der Waals surface area contributed by atoms with Gasteiger partial charge >= 0.3 is 0 Å².